The van der Waals surface area contributed by atoms with Gasteiger partial charge in [-0.25, -0.2) is 0 Å². The molecule has 0 fully saturated rings. The van der Waals surface area contributed by atoms with Crippen molar-refractivity contribution in [3.05, 3.63) is 10.6 Å². The fourth-order valence-electron chi connectivity index (χ4n) is 1.40. The highest BCUT2D eigenvalue weighted by Crippen LogP contribution is 2.04. The number of ether oxygens (including phenoxy) is 1. The standard InChI is InChI=1S/C10H19N3OS/c1-4-14-6-5-9-11-12-10(15)13(9)7-8(2)3/h8H,4-7H2,1-3H3,(H,12,15). The number of hydrogen-bond acceptors (Lipinski definition) is 3. The largest absolute Gasteiger partial charge is 0.381 e. The molecule has 0 unspecified atom stereocenters. The van der Waals surface area contributed by atoms with E-state index in [0.717, 1.165) is 25.4 Å². The molecule has 0 amide bonds. The Hall–Kier alpha value is -0.680. The fourth-order valence-corrected chi connectivity index (χ4v) is 1.63. The first-order valence-corrected chi connectivity index (χ1v) is 5.77. The van der Waals surface area contributed by atoms with Crippen LogP contribution in [0.1, 0.15) is 26.6 Å². The first kappa shape index (κ1) is 12.4. The van der Waals surface area contributed by atoms with E-state index in [2.05, 4.69) is 28.6 Å². The number of nitrogens with zero attached hydrogens (tertiary/aromatic N) is 2. The zero-order chi connectivity index (χ0) is 11.3. The van der Waals surface area contributed by atoms with Gasteiger partial charge in [-0.1, -0.05) is 13.8 Å². The van der Waals surface area contributed by atoms with Crippen molar-refractivity contribution in [2.24, 2.45) is 5.92 Å². The summed E-state index contributed by atoms with van der Waals surface area (Å²) in [5, 5.41) is 7.04. The summed E-state index contributed by atoms with van der Waals surface area (Å²) in [7, 11) is 0. The van der Waals surface area contributed by atoms with Gasteiger partial charge in [0.2, 0.25) is 0 Å². The van der Waals surface area contributed by atoms with Crippen molar-refractivity contribution in [2.75, 3.05) is 13.2 Å². The molecule has 4 nitrogen and oxygen atoms in total. The van der Waals surface area contributed by atoms with E-state index in [0.29, 0.717) is 17.3 Å². The molecule has 0 aliphatic carbocycles. The molecule has 0 aliphatic rings. The van der Waals surface area contributed by atoms with E-state index >= 15 is 0 Å². The van der Waals surface area contributed by atoms with Crippen molar-refractivity contribution in [2.45, 2.75) is 33.7 Å². The van der Waals surface area contributed by atoms with Gasteiger partial charge in [-0.05, 0) is 25.1 Å². The Kier molecular flexibility index (Phi) is 4.98. The second-order valence-corrected chi connectivity index (χ2v) is 4.28. The van der Waals surface area contributed by atoms with Crippen LogP contribution in [-0.4, -0.2) is 28.0 Å². The molecular formula is C10H19N3OS. The fraction of sp³-hybridized carbons (Fsp3) is 0.800. The van der Waals surface area contributed by atoms with Gasteiger partial charge in [0, 0.05) is 19.6 Å². The van der Waals surface area contributed by atoms with Gasteiger partial charge in [-0.3, -0.25) is 5.10 Å². The van der Waals surface area contributed by atoms with Crippen LogP contribution < -0.4 is 0 Å². The lowest BCUT2D eigenvalue weighted by Crippen LogP contribution is -2.11. The predicted molar refractivity (Wildman–Crippen MR) is 62.4 cm³/mol. The molecule has 86 valence electrons. The van der Waals surface area contributed by atoms with Crippen LogP contribution in [0.15, 0.2) is 0 Å². The molecule has 0 atom stereocenters. The van der Waals surface area contributed by atoms with Crippen LogP contribution >= 0.6 is 12.2 Å². The topological polar surface area (TPSA) is 42.8 Å². The summed E-state index contributed by atoms with van der Waals surface area (Å²) in [6.45, 7) is 8.69. The number of aromatic amines is 1. The Bertz CT molecular complexity index is 343. The molecule has 0 radical (unpaired) electrons. The summed E-state index contributed by atoms with van der Waals surface area (Å²) >= 11 is 5.17. The first-order valence-electron chi connectivity index (χ1n) is 5.37. The molecule has 1 rings (SSSR count). The van der Waals surface area contributed by atoms with E-state index in [1.54, 1.807) is 0 Å². The van der Waals surface area contributed by atoms with Crippen LogP contribution in [0.4, 0.5) is 0 Å². The van der Waals surface area contributed by atoms with Crippen LogP contribution in [0.3, 0.4) is 0 Å². The molecule has 5 heteroatoms. The van der Waals surface area contributed by atoms with Gasteiger partial charge < -0.3 is 9.30 Å². The Morgan fingerprint density at radius 2 is 2.27 bits per heavy atom. The van der Waals surface area contributed by atoms with Gasteiger partial charge in [0.05, 0.1) is 6.61 Å². The van der Waals surface area contributed by atoms with Gasteiger partial charge in [0.25, 0.3) is 0 Å². The monoisotopic (exact) mass is 229 g/mol. The van der Waals surface area contributed by atoms with Crippen molar-refractivity contribution in [3.63, 3.8) is 0 Å². The average molecular weight is 229 g/mol. The van der Waals surface area contributed by atoms with Crippen molar-refractivity contribution in [1.82, 2.24) is 14.8 Å². The highest BCUT2D eigenvalue weighted by atomic mass is 32.1. The van der Waals surface area contributed by atoms with Crippen LogP contribution in [0, 0.1) is 10.7 Å². The number of rotatable bonds is 6. The van der Waals surface area contributed by atoms with E-state index in [-0.39, 0.29) is 0 Å². The molecule has 0 bridgehead atoms. The van der Waals surface area contributed by atoms with E-state index in [1.165, 1.54) is 0 Å². The summed E-state index contributed by atoms with van der Waals surface area (Å²) in [6.07, 6.45) is 0.813. The Morgan fingerprint density at radius 1 is 1.53 bits per heavy atom. The number of aromatic nitrogens is 3. The van der Waals surface area contributed by atoms with Crippen molar-refractivity contribution in [3.8, 4) is 0 Å². The van der Waals surface area contributed by atoms with E-state index in [4.69, 9.17) is 17.0 Å². The van der Waals surface area contributed by atoms with Crippen molar-refractivity contribution < 1.29 is 4.74 Å². The molecule has 1 aromatic heterocycles. The maximum Gasteiger partial charge on any atom is 0.195 e. The van der Waals surface area contributed by atoms with Crippen LogP contribution in [-0.2, 0) is 17.7 Å². The second kappa shape index (κ2) is 6.02. The quantitative estimate of drug-likeness (QED) is 0.600. The van der Waals surface area contributed by atoms with Crippen LogP contribution in [0.25, 0.3) is 0 Å². The van der Waals surface area contributed by atoms with Crippen molar-refractivity contribution in [1.29, 1.82) is 0 Å². The Balaban J connectivity index is 2.66. The molecule has 15 heavy (non-hydrogen) atoms. The SMILES string of the molecule is CCOCCc1n[nH]c(=S)n1CC(C)C. The first-order chi connectivity index (χ1) is 7.15. The number of nitrogens with one attached hydrogen (secondary N) is 1. The zero-order valence-electron chi connectivity index (χ0n) is 9.62. The number of hydrogen-bond donors (Lipinski definition) is 1. The third-order valence-electron chi connectivity index (χ3n) is 2.06. The second-order valence-electron chi connectivity index (χ2n) is 3.90. The lowest BCUT2D eigenvalue weighted by molar-refractivity contribution is 0.148. The average Bonchev–Trinajstić information content (AvgIpc) is 2.49. The summed E-state index contributed by atoms with van der Waals surface area (Å²) in [6, 6.07) is 0. The molecule has 0 aromatic carbocycles. The third-order valence-corrected chi connectivity index (χ3v) is 2.37. The van der Waals surface area contributed by atoms with Crippen molar-refractivity contribution >= 4 is 12.2 Å². The minimum atomic E-state index is 0.570. The van der Waals surface area contributed by atoms with Crippen LogP contribution in [0.5, 0.6) is 0 Å². The Morgan fingerprint density at radius 3 is 2.87 bits per heavy atom. The van der Waals surface area contributed by atoms with E-state index in [1.807, 2.05) is 6.92 Å². The van der Waals surface area contributed by atoms with Gasteiger partial charge >= 0.3 is 0 Å². The molecule has 0 saturated carbocycles. The molecule has 1 aromatic rings. The highest BCUT2D eigenvalue weighted by molar-refractivity contribution is 7.71. The molecule has 0 aliphatic heterocycles. The van der Waals surface area contributed by atoms with E-state index in [9.17, 15) is 0 Å². The molecule has 1 N–H and O–H groups in total. The lowest BCUT2D eigenvalue weighted by Gasteiger charge is -2.09. The minimum absolute atomic E-state index is 0.570. The molecule has 1 heterocycles. The summed E-state index contributed by atoms with van der Waals surface area (Å²) < 4.78 is 8.06. The minimum Gasteiger partial charge on any atom is -0.381 e. The van der Waals surface area contributed by atoms with E-state index < -0.39 is 0 Å². The summed E-state index contributed by atoms with van der Waals surface area (Å²) in [4.78, 5) is 0. The number of H-pyrrole nitrogens is 1. The molecule has 0 saturated heterocycles. The molecule has 0 spiro atoms. The van der Waals surface area contributed by atoms with Gasteiger partial charge in [0.15, 0.2) is 4.77 Å². The predicted octanol–water partition coefficient (Wildman–Crippen LogP) is 2.18. The van der Waals surface area contributed by atoms with Crippen LogP contribution in [0.2, 0.25) is 0 Å². The zero-order valence-corrected chi connectivity index (χ0v) is 10.4. The van der Waals surface area contributed by atoms with Gasteiger partial charge in [-0.15, -0.1) is 0 Å². The Labute approximate surface area is 95.7 Å². The summed E-state index contributed by atoms with van der Waals surface area (Å²) in [5.74, 6) is 1.56. The maximum atomic E-state index is 5.31. The molecular weight excluding hydrogens is 210 g/mol. The lowest BCUT2D eigenvalue weighted by atomic mass is 10.2. The normalized spacial score (nSPS) is 11.2. The maximum absolute atomic E-state index is 5.31. The summed E-state index contributed by atoms with van der Waals surface area (Å²) in [5.41, 5.74) is 0. The van der Waals surface area contributed by atoms with Gasteiger partial charge in [-0.2, -0.15) is 5.10 Å². The smallest absolute Gasteiger partial charge is 0.195 e. The van der Waals surface area contributed by atoms with Gasteiger partial charge in [0.1, 0.15) is 5.82 Å². The highest BCUT2D eigenvalue weighted by Gasteiger charge is 2.07. The third kappa shape index (κ3) is 3.76.